The first-order chi connectivity index (χ1) is 16.1. The Morgan fingerprint density at radius 2 is 2.00 bits per heavy atom. The Hall–Kier alpha value is -1.31. The number of ether oxygens (including phenoxy) is 1. The van der Waals surface area contributed by atoms with E-state index in [4.69, 9.17) is 11.6 Å². The smallest absolute Gasteiger partial charge is 0.323 e. The number of ketones is 1. The summed E-state index contributed by atoms with van der Waals surface area (Å²) >= 11 is 1.09. The van der Waals surface area contributed by atoms with Crippen LogP contribution >= 0.6 is 12.0 Å². The molecule has 0 bridgehead atoms. The fourth-order valence-electron chi connectivity index (χ4n) is 4.39. The fraction of sp³-hybridized carbons (Fsp3) is 0.680. The van der Waals surface area contributed by atoms with Crippen LogP contribution in [0.5, 0.6) is 0 Å². The van der Waals surface area contributed by atoms with Gasteiger partial charge in [-0.2, -0.15) is 0 Å². The third kappa shape index (κ3) is 7.93. The maximum absolute atomic E-state index is 13.7. The summed E-state index contributed by atoms with van der Waals surface area (Å²) in [6.07, 6.45) is 2.84. The van der Waals surface area contributed by atoms with E-state index >= 15 is 0 Å². The Kier molecular flexibility index (Phi) is 9.54. The summed E-state index contributed by atoms with van der Waals surface area (Å²) in [6, 6.07) is 8.92. The fourth-order valence-corrected chi connectivity index (χ4v) is 4.76. The van der Waals surface area contributed by atoms with Crippen molar-refractivity contribution in [3.05, 3.63) is 35.9 Å². The van der Waals surface area contributed by atoms with Crippen LogP contribution in [0.4, 0.5) is 0 Å². The number of likely N-dealkylation sites (tertiary alicyclic amines) is 1. The summed E-state index contributed by atoms with van der Waals surface area (Å²) in [4.78, 5) is 28.9. The summed E-state index contributed by atoms with van der Waals surface area (Å²) in [5.74, 6) is -0.00931. The first-order valence-corrected chi connectivity index (χ1v) is 12.6. The molecule has 0 amide bonds. The van der Waals surface area contributed by atoms with Gasteiger partial charge >= 0.3 is 5.97 Å². The molecule has 1 aromatic carbocycles. The van der Waals surface area contributed by atoms with Crippen LogP contribution in [-0.2, 0) is 25.1 Å². The highest BCUT2D eigenvalue weighted by molar-refractivity contribution is 7.95. The van der Waals surface area contributed by atoms with E-state index in [0.717, 1.165) is 30.4 Å². The number of benzene rings is 1. The summed E-state index contributed by atoms with van der Waals surface area (Å²) in [5, 5.41) is 0. The minimum absolute atomic E-state index is 0.146. The molecular formula is C25H40BNO4S. The van der Waals surface area contributed by atoms with Gasteiger partial charge in [-0.3, -0.25) is 14.5 Å². The Balaban J connectivity index is 2.34. The SMILES string of the molecule is [2H]B([3H])CSOC[C@@H]1C[C@H](C(=O)OC(C)(C)C)N(Cc2ccccc2)[C@H]1C(=O)CC(CC)CC. The summed E-state index contributed by atoms with van der Waals surface area (Å²) in [7, 11) is -0.968. The molecule has 0 unspecified atom stereocenters. The van der Waals surface area contributed by atoms with Gasteiger partial charge in [-0.1, -0.05) is 57.0 Å². The van der Waals surface area contributed by atoms with E-state index in [1.807, 2.05) is 56.0 Å². The maximum Gasteiger partial charge on any atom is 0.323 e. The van der Waals surface area contributed by atoms with Gasteiger partial charge in [-0.05, 0) is 59.0 Å². The lowest BCUT2D eigenvalue weighted by atomic mass is 9.89. The van der Waals surface area contributed by atoms with Gasteiger partial charge in [0.15, 0.2) is 5.78 Å². The molecule has 0 aromatic heterocycles. The predicted octanol–water partition coefficient (Wildman–Crippen LogP) is 4.24. The number of esters is 1. The maximum atomic E-state index is 13.7. The number of hydrogen-bond donors (Lipinski definition) is 0. The molecule has 0 aliphatic carbocycles. The van der Waals surface area contributed by atoms with Crippen molar-refractivity contribution in [3.8, 4) is 0 Å². The molecule has 0 spiro atoms. The second kappa shape index (κ2) is 12.8. The Morgan fingerprint density at radius 1 is 1.31 bits per heavy atom. The number of rotatable bonds is 13. The van der Waals surface area contributed by atoms with Gasteiger partial charge in [0, 0.05) is 18.9 Å². The largest absolute Gasteiger partial charge is 0.459 e. The highest BCUT2D eigenvalue weighted by Gasteiger charge is 2.49. The number of Topliss-reactive ketones (excluding diaryl/α,β-unsaturated/α-hetero) is 1. The summed E-state index contributed by atoms with van der Waals surface area (Å²) in [6.45, 7) is 10.6. The number of carbonyl (C=O) groups excluding carboxylic acids is 2. The third-order valence-electron chi connectivity index (χ3n) is 6.02. The molecule has 1 aliphatic heterocycles. The normalized spacial score (nSPS) is 22.5. The van der Waals surface area contributed by atoms with Crippen molar-refractivity contribution in [1.29, 1.82) is 2.67 Å². The van der Waals surface area contributed by atoms with E-state index in [1.165, 1.54) is 0 Å². The van der Waals surface area contributed by atoms with Crippen LogP contribution in [0.25, 0.3) is 0 Å². The lowest BCUT2D eigenvalue weighted by Crippen LogP contribution is -2.47. The van der Waals surface area contributed by atoms with Crippen molar-refractivity contribution in [3.63, 3.8) is 0 Å². The lowest BCUT2D eigenvalue weighted by molar-refractivity contribution is -0.161. The Bertz CT molecular complexity index is 774. The van der Waals surface area contributed by atoms with Gasteiger partial charge in [-0.15, -0.1) is 0 Å². The van der Waals surface area contributed by atoms with Crippen molar-refractivity contribution < 1.29 is 18.5 Å². The van der Waals surface area contributed by atoms with Crippen LogP contribution in [0, 0.1) is 11.8 Å². The second-order valence-electron chi connectivity index (χ2n) is 9.57. The molecular weight excluding hydrogens is 421 g/mol. The average molecular weight is 464 g/mol. The first-order valence-electron chi connectivity index (χ1n) is 12.8. The molecule has 1 aromatic rings. The average Bonchev–Trinajstić information content (AvgIpc) is 3.12. The zero-order valence-electron chi connectivity index (χ0n) is 22.2. The van der Waals surface area contributed by atoms with E-state index in [-0.39, 0.29) is 23.3 Å². The van der Waals surface area contributed by atoms with E-state index in [1.54, 1.807) is 0 Å². The topological polar surface area (TPSA) is 55.8 Å². The van der Waals surface area contributed by atoms with Gasteiger partial charge in [0.1, 0.15) is 19.4 Å². The number of hydrogen-bond acceptors (Lipinski definition) is 6. The first kappa shape index (κ1) is 23.8. The van der Waals surface area contributed by atoms with Gasteiger partial charge in [0.05, 0.1) is 12.6 Å². The number of carbonyl (C=O) groups is 2. The van der Waals surface area contributed by atoms with Crippen molar-refractivity contribution in [2.75, 3.05) is 12.3 Å². The second-order valence-corrected chi connectivity index (χ2v) is 10.4. The molecule has 178 valence electrons. The third-order valence-corrected chi connectivity index (χ3v) is 6.46. The molecule has 2 rings (SSSR count). The highest BCUT2D eigenvalue weighted by atomic mass is 32.2. The minimum Gasteiger partial charge on any atom is -0.459 e. The molecule has 0 N–H and O–H groups in total. The molecule has 1 heterocycles. The van der Waals surface area contributed by atoms with Crippen LogP contribution < -0.4 is 0 Å². The van der Waals surface area contributed by atoms with E-state index < -0.39 is 25.5 Å². The molecule has 1 saturated heterocycles. The van der Waals surface area contributed by atoms with E-state index in [0.29, 0.717) is 31.9 Å². The molecule has 0 saturated carbocycles. The van der Waals surface area contributed by atoms with Gasteiger partial charge < -0.3 is 8.92 Å². The van der Waals surface area contributed by atoms with Crippen molar-refractivity contribution in [2.45, 2.75) is 84.5 Å². The molecule has 3 atom stereocenters. The quantitative estimate of drug-likeness (QED) is 0.188. The van der Waals surface area contributed by atoms with Crippen molar-refractivity contribution in [2.24, 2.45) is 11.8 Å². The highest BCUT2D eigenvalue weighted by Crippen LogP contribution is 2.36. The summed E-state index contributed by atoms with van der Waals surface area (Å²) in [5.41, 5.74) is 0.660. The Morgan fingerprint density at radius 3 is 2.59 bits per heavy atom. The lowest BCUT2D eigenvalue weighted by Gasteiger charge is -2.32. The molecule has 32 heavy (non-hydrogen) atoms. The van der Waals surface area contributed by atoms with Gasteiger partial charge in [0.2, 0.25) is 0 Å². The van der Waals surface area contributed by atoms with E-state index in [9.17, 15) is 9.59 Å². The number of nitrogens with zero attached hydrogens (tertiary/aromatic N) is 1. The van der Waals surface area contributed by atoms with Gasteiger partial charge in [0.25, 0.3) is 0 Å². The zero-order chi connectivity index (χ0) is 25.3. The van der Waals surface area contributed by atoms with Gasteiger partial charge in [-0.25, -0.2) is 0 Å². The van der Waals surface area contributed by atoms with E-state index in [2.05, 4.69) is 13.8 Å². The monoisotopic (exact) mass is 464 g/mol. The standard InChI is InChI=1S/C25H40BNO4S/c1-6-18(7-2)13-22(28)23-20(16-30-32-17-26)14-21(24(29)31-25(3,4)5)27(23)15-19-11-9-8-10-12-19/h8-12,18,20-21,23H,6-7,13-17,26H2,1-5H3/t20-,21+,23+/m0/s1/i26TD. The molecule has 5 nitrogen and oxygen atoms in total. The van der Waals surface area contributed by atoms with Crippen LogP contribution in [-0.4, -0.2) is 57.0 Å². The Labute approximate surface area is 202 Å². The van der Waals surface area contributed by atoms with Crippen LogP contribution in [0.2, 0.25) is 0 Å². The molecule has 0 radical (unpaired) electrons. The van der Waals surface area contributed by atoms with Crippen LogP contribution in [0.3, 0.4) is 0 Å². The zero-order valence-corrected chi connectivity index (χ0v) is 21.0. The predicted molar refractivity (Wildman–Crippen MR) is 134 cm³/mol. The van der Waals surface area contributed by atoms with Crippen molar-refractivity contribution >= 4 is 31.6 Å². The molecule has 1 fully saturated rings. The van der Waals surface area contributed by atoms with Crippen LogP contribution in [0.1, 0.15) is 65.9 Å². The molecule has 1 aliphatic rings. The van der Waals surface area contributed by atoms with Crippen molar-refractivity contribution in [1.82, 2.24) is 4.90 Å². The van der Waals surface area contributed by atoms with Crippen LogP contribution in [0.15, 0.2) is 30.3 Å². The molecule has 7 heteroatoms. The minimum atomic E-state index is -0.968. The summed E-state index contributed by atoms with van der Waals surface area (Å²) < 4.78 is 26.2.